The summed E-state index contributed by atoms with van der Waals surface area (Å²) in [6.45, 7) is 3.53. The van der Waals surface area contributed by atoms with Crippen molar-refractivity contribution < 1.29 is 28.7 Å². The molecular weight excluding hydrogens is 483 g/mol. The van der Waals surface area contributed by atoms with Crippen LogP contribution in [0.5, 0.6) is 0 Å². The lowest BCUT2D eigenvalue weighted by Crippen LogP contribution is -2.52. The number of hydrogen-bond donors (Lipinski definition) is 5. The van der Waals surface area contributed by atoms with Crippen LogP contribution in [0.25, 0.3) is 0 Å². The number of likely N-dealkylation sites (tertiary alicyclic amines) is 1. The van der Waals surface area contributed by atoms with Gasteiger partial charge in [0, 0.05) is 37.7 Å². The van der Waals surface area contributed by atoms with Crippen LogP contribution >= 0.6 is 7.60 Å². The van der Waals surface area contributed by atoms with E-state index in [2.05, 4.69) is 16.0 Å². The summed E-state index contributed by atoms with van der Waals surface area (Å²) in [4.78, 5) is 60.5. The number of carbonyl (C=O) groups is 3. The normalized spacial score (nSPS) is 23.9. The van der Waals surface area contributed by atoms with Gasteiger partial charge in [-0.15, -0.1) is 0 Å². The van der Waals surface area contributed by atoms with Crippen molar-refractivity contribution in [3.63, 3.8) is 0 Å². The SMILES string of the molecule is CC(=O)Nc1cccc(C2CCN(C(=O)[C@@H]3CCCN3)C2(c2cccc(NC(C)=O)c2)P(=O)(O)O)c1. The van der Waals surface area contributed by atoms with Gasteiger partial charge in [0.1, 0.15) is 0 Å². The van der Waals surface area contributed by atoms with Crippen molar-refractivity contribution in [1.82, 2.24) is 10.2 Å². The Kier molecular flexibility index (Phi) is 7.33. The van der Waals surface area contributed by atoms with Crippen molar-refractivity contribution in [3.8, 4) is 0 Å². The number of carbonyl (C=O) groups excluding carboxylic acids is 3. The van der Waals surface area contributed by atoms with E-state index in [9.17, 15) is 28.7 Å². The zero-order chi connectivity index (χ0) is 26.1. The molecule has 2 fully saturated rings. The molecule has 36 heavy (non-hydrogen) atoms. The van der Waals surface area contributed by atoms with E-state index in [-0.39, 0.29) is 29.8 Å². The van der Waals surface area contributed by atoms with E-state index in [0.717, 1.165) is 6.42 Å². The number of benzene rings is 2. The van der Waals surface area contributed by atoms with E-state index in [0.29, 0.717) is 36.3 Å². The lowest BCUT2D eigenvalue weighted by molar-refractivity contribution is -0.136. The molecule has 192 valence electrons. The molecule has 2 aromatic rings. The molecule has 3 amide bonds. The van der Waals surface area contributed by atoms with E-state index in [1.807, 2.05) is 0 Å². The van der Waals surface area contributed by atoms with Crippen molar-refractivity contribution in [2.75, 3.05) is 23.7 Å². The molecule has 0 spiro atoms. The van der Waals surface area contributed by atoms with Gasteiger partial charge in [0.25, 0.3) is 0 Å². The molecule has 2 unspecified atom stereocenters. The van der Waals surface area contributed by atoms with E-state index < -0.39 is 24.8 Å². The second-order valence-corrected chi connectivity index (χ2v) is 11.1. The van der Waals surface area contributed by atoms with Gasteiger partial charge in [0.2, 0.25) is 17.7 Å². The summed E-state index contributed by atoms with van der Waals surface area (Å²) >= 11 is 0. The van der Waals surface area contributed by atoms with Crippen molar-refractivity contribution >= 4 is 36.7 Å². The quantitative estimate of drug-likeness (QED) is 0.372. The average molecular weight is 515 g/mol. The molecule has 4 rings (SSSR count). The smallest absolute Gasteiger partial charge is 0.326 e. The molecule has 0 aliphatic carbocycles. The number of rotatable bonds is 6. The fourth-order valence-corrected chi connectivity index (χ4v) is 7.20. The molecule has 2 aliphatic heterocycles. The summed E-state index contributed by atoms with van der Waals surface area (Å²) in [6, 6.07) is 12.7. The van der Waals surface area contributed by atoms with Crippen LogP contribution in [0.1, 0.15) is 50.2 Å². The first-order valence-electron chi connectivity index (χ1n) is 11.9. The first-order valence-corrected chi connectivity index (χ1v) is 13.5. The molecule has 5 N–H and O–H groups in total. The second-order valence-electron chi connectivity index (χ2n) is 9.32. The van der Waals surface area contributed by atoms with Crippen molar-refractivity contribution in [2.45, 2.75) is 50.3 Å². The number of amides is 3. The van der Waals surface area contributed by atoms with Gasteiger partial charge in [0.05, 0.1) is 6.04 Å². The van der Waals surface area contributed by atoms with Crippen LogP contribution in [0.2, 0.25) is 0 Å². The summed E-state index contributed by atoms with van der Waals surface area (Å²) in [5.74, 6) is -1.73. The fourth-order valence-electron chi connectivity index (χ4n) is 5.53. The fraction of sp³-hybridized carbons (Fsp3) is 0.400. The highest BCUT2D eigenvalue weighted by atomic mass is 31.2. The van der Waals surface area contributed by atoms with Crippen molar-refractivity contribution in [1.29, 1.82) is 0 Å². The zero-order valence-electron chi connectivity index (χ0n) is 20.2. The summed E-state index contributed by atoms with van der Waals surface area (Å²) in [7, 11) is -5.06. The third-order valence-electron chi connectivity index (χ3n) is 6.82. The van der Waals surface area contributed by atoms with E-state index in [1.165, 1.54) is 24.8 Å². The summed E-state index contributed by atoms with van der Waals surface area (Å²) in [6.07, 6.45) is 1.69. The first kappa shape index (κ1) is 26.0. The Morgan fingerprint density at radius 1 is 1.00 bits per heavy atom. The monoisotopic (exact) mass is 514 g/mol. The van der Waals surface area contributed by atoms with Gasteiger partial charge < -0.3 is 30.6 Å². The lowest BCUT2D eigenvalue weighted by atomic mass is 9.86. The molecule has 0 saturated carbocycles. The molecule has 3 atom stereocenters. The van der Waals surface area contributed by atoms with Crippen LogP contribution in [0.4, 0.5) is 11.4 Å². The van der Waals surface area contributed by atoms with Crippen molar-refractivity contribution in [3.05, 3.63) is 59.7 Å². The Balaban J connectivity index is 1.92. The summed E-state index contributed by atoms with van der Waals surface area (Å²) in [5, 5.41) is 6.53. The minimum Gasteiger partial charge on any atom is -0.326 e. The highest BCUT2D eigenvalue weighted by Gasteiger charge is 2.64. The number of hydrogen-bond acceptors (Lipinski definition) is 5. The Morgan fingerprint density at radius 2 is 1.64 bits per heavy atom. The number of nitrogens with zero attached hydrogens (tertiary/aromatic N) is 1. The number of nitrogens with one attached hydrogen (secondary N) is 3. The molecule has 2 saturated heterocycles. The van der Waals surface area contributed by atoms with Gasteiger partial charge in [0.15, 0.2) is 5.28 Å². The zero-order valence-corrected chi connectivity index (χ0v) is 21.1. The lowest BCUT2D eigenvalue weighted by Gasteiger charge is -2.44. The Bertz CT molecular complexity index is 1220. The molecule has 11 heteroatoms. The predicted octanol–water partition coefficient (Wildman–Crippen LogP) is 2.70. The maximum Gasteiger partial charge on any atom is 0.356 e. The van der Waals surface area contributed by atoms with E-state index >= 15 is 0 Å². The average Bonchev–Trinajstić information content (AvgIpc) is 3.47. The molecular formula is C25H31N4O6P. The Morgan fingerprint density at radius 3 is 2.22 bits per heavy atom. The maximum atomic E-state index is 13.7. The van der Waals surface area contributed by atoms with Gasteiger partial charge in [-0.25, -0.2) is 0 Å². The third-order valence-corrected chi connectivity index (χ3v) is 8.52. The van der Waals surface area contributed by atoms with E-state index in [1.54, 1.807) is 42.5 Å². The van der Waals surface area contributed by atoms with Gasteiger partial charge >= 0.3 is 7.60 Å². The van der Waals surface area contributed by atoms with Gasteiger partial charge in [-0.3, -0.25) is 18.9 Å². The molecule has 0 radical (unpaired) electrons. The predicted molar refractivity (Wildman–Crippen MR) is 135 cm³/mol. The minimum atomic E-state index is -5.06. The van der Waals surface area contributed by atoms with E-state index in [4.69, 9.17) is 0 Å². The van der Waals surface area contributed by atoms with Crippen molar-refractivity contribution in [2.24, 2.45) is 0 Å². The van der Waals surface area contributed by atoms with Gasteiger partial charge in [-0.05, 0) is 61.2 Å². The molecule has 0 bridgehead atoms. The van der Waals surface area contributed by atoms with Gasteiger partial charge in [-0.2, -0.15) is 0 Å². The molecule has 0 aromatic heterocycles. The third kappa shape index (κ3) is 4.82. The van der Waals surface area contributed by atoms with Crippen LogP contribution in [-0.2, 0) is 24.2 Å². The summed E-state index contributed by atoms with van der Waals surface area (Å²) < 4.78 is 13.6. The number of anilines is 2. The Labute approximate surface area is 209 Å². The van der Waals surface area contributed by atoms with Crippen LogP contribution in [0.15, 0.2) is 48.5 Å². The van der Waals surface area contributed by atoms with Crippen LogP contribution in [0, 0.1) is 0 Å². The second kappa shape index (κ2) is 10.1. The van der Waals surface area contributed by atoms with Gasteiger partial charge in [-0.1, -0.05) is 24.3 Å². The van der Waals surface area contributed by atoms with Crippen LogP contribution in [-0.4, -0.2) is 51.5 Å². The maximum absolute atomic E-state index is 13.7. The summed E-state index contributed by atoms with van der Waals surface area (Å²) in [5.41, 5.74) is 1.69. The first-order chi connectivity index (χ1) is 17.0. The molecule has 2 aromatic carbocycles. The molecule has 10 nitrogen and oxygen atoms in total. The standard InChI is InChI=1S/C25H31N4O6P/c1-16(30)27-20-8-3-6-18(14-20)22-11-13-29(24(32)23-10-5-12-26-23)25(22,36(33,34)35)19-7-4-9-21(15-19)28-17(2)31/h3-4,6-9,14-15,22-23,26H,5,10-13H2,1-2H3,(H,27,30)(H,28,31)(H2,33,34,35)/t22?,23-,25?/m0/s1. The highest BCUT2D eigenvalue weighted by Crippen LogP contribution is 2.69. The molecule has 2 aliphatic rings. The highest BCUT2D eigenvalue weighted by molar-refractivity contribution is 7.53. The van der Waals surface area contributed by atoms with Crippen LogP contribution < -0.4 is 16.0 Å². The minimum absolute atomic E-state index is 0.140. The largest absolute Gasteiger partial charge is 0.356 e. The van der Waals surface area contributed by atoms with Crippen LogP contribution in [0.3, 0.4) is 0 Å². The topological polar surface area (TPSA) is 148 Å². The molecule has 2 heterocycles. The Hall–Kier alpha value is -3.04.